The quantitative estimate of drug-likeness (QED) is 0.836. The number of aryl methyl sites for hydroxylation is 1. The van der Waals surface area contributed by atoms with E-state index in [1.165, 1.54) is 17.5 Å². The Morgan fingerprint density at radius 2 is 1.83 bits per heavy atom. The highest BCUT2D eigenvalue weighted by Gasteiger charge is 2.31. The molecule has 1 aromatic carbocycles. The van der Waals surface area contributed by atoms with Crippen molar-refractivity contribution >= 4 is 11.7 Å². The van der Waals surface area contributed by atoms with Crippen LogP contribution in [0.25, 0.3) is 0 Å². The lowest BCUT2D eigenvalue weighted by molar-refractivity contribution is 0.174. The van der Waals surface area contributed by atoms with Crippen molar-refractivity contribution in [3.05, 3.63) is 34.5 Å². The third kappa shape index (κ3) is 3.42. The number of ether oxygens (including phenoxy) is 2. The molecule has 0 radical (unpaired) electrons. The van der Waals surface area contributed by atoms with Crippen LogP contribution in [-0.2, 0) is 7.05 Å². The van der Waals surface area contributed by atoms with Gasteiger partial charge in [0.1, 0.15) is 5.82 Å². The summed E-state index contributed by atoms with van der Waals surface area (Å²) >= 11 is 0. The van der Waals surface area contributed by atoms with Crippen molar-refractivity contribution in [2.75, 3.05) is 25.2 Å². The first-order valence-corrected chi connectivity index (χ1v) is 10.7. The average molecular weight is 413 g/mol. The molecule has 1 aliphatic carbocycles. The molecule has 1 aromatic heterocycles. The van der Waals surface area contributed by atoms with Gasteiger partial charge in [0.05, 0.1) is 0 Å². The number of amides is 2. The highest BCUT2D eigenvalue weighted by Crippen LogP contribution is 2.35. The van der Waals surface area contributed by atoms with Crippen LogP contribution < -0.4 is 20.5 Å². The molecule has 1 N–H and O–H groups in total. The van der Waals surface area contributed by atoms with Gasteiger partial charge in [0.2, 0.25) is 6.79 Å². The van der Waals surface area contributed by atoms with E-state index in [0.29, 0.717) is 30.3 Å². The van der Waals surface area contributed by atoms with Gasteiger partial charge in [-0.2, -0.15) is 5.10 Å². The van der Waals surface area contributed by atoms with Gasteiger partial charge in [-0.1, -0.05) is 12.8 Å². The number of aromatic nitrogens is 3. The maximum atomic E-state index is 12.7. The van der Waals surface area contributed by atoms with Crippen molar-refractivity contribution in [3.8, 4) is 11.5 Å². The fourth-order valence-corrected chi connectivity index (χ4v) is 4.80. The summed E-state index contributed by atoms with van der Waals surface area (Å²) in [5, 5.41) is 7.51. The van der Waals surface area contributed by atoms with Gasteiger partial charge in [-0.15, -0.1) is 0 Å². The number of hydrogen-bond donors (Lipinski definition) is 1. The molecule has 3 heterocycles. The van der Waals surface area contributed by atoms with Crippen LogP contribution >= 0.6 is 0 Å². The van der Waals surface area contributed by atoms with Crippen LogP contribution in [0.15, 0.2) is 23.0 Å². The molecule has 0 atom stereocenters. The maximum absolute atomic E-state index is 12.7. The first-order chi connectivity index (χ1) is 14.6. The second-order valence-electron chi connectivity index (χ2n) is 8.33. The van der Waals surface area contributed by atoms with Gasteiger partial charge < -0.3 is 19.7 Å². The summed E-state index contributed by atoms with van der Waals surface area (Å²) in [7, 11) is 1.73. The van der Waals surface area contributed by atoms with Gasteiger partial charge >= 0.3 is 11.7 Å². The van der Waals surface area contributed by atoms with E-state index in [-0.39, 0.29) is 30.5 Å². The molecule has 5 rings (SSSR count). The van der Waals surface area contributed by atoms with E-state index in [1.807, 2.05) is 15.5 Å². The predicted molar refractivity (Wildman–Crippen MR) is 110 cm³/mol. The lowest BCUT2D eigenvalue weighted by Gasteiger charge is -2.32. The van der Waals surface area contributed by atoms with Crippen molar-refractivity contribution < 1.29 is 14.3 Å². The molecule has 1 saturated carbocycles. The molecule has 0 bridgehead atoms. The number of benzene rings is 1. The lowest BCUT2D eigenvalue weighted by atomic mass is 9.95. The third-order valence-electron chi connectivity index (χ3n) is 6.44. The van der Waals surface area contributed by atoms with Gasteiger partial charge in [-0.05, 0) is 37.8 Å². The van der Waals surface area contributed by atoms with Crippen LogP contribution in [0.5, 0.6) is 11.5 Å². The molecular weight excluding hydrogens is 386 g/mol. The zero-order valence-corrected chi connectivity index (χ0v) is 17.2. The van der Waals surface area contributed by atoms with Crippen molar-refractivity contribution in [1.29, 1.82) is 0 Å². The largest absolute Gasteiger partial charge is 0.454 e. The zero-order valence-electron chi connectivity index (χ0n) is 17.2. The van der Waals surface area contributed by atoms with E-state index in [4.69, 9.17) is 9.47 Å². The Bertz CT molecular complexity index is 999. The molecule has 3 aliphatic rings. The first kappa shape index (κ1) is 19.0. The van der Waals surface area contributed by atoms with Crippen molar-refractivity contribution in [1.82, 2.24) is 19.2 Å². The standard InChI is InChI=1S/C21H27N5O4/c1-24-21(28)26(16-4-2-3-5-16)19(23-24)14-8-10-25(11-9-14)20(27)22-15-6-7-17-18(12-15)30-13-29-17/h6-7,12,14,16H,2-5,8-11,13H2,1H3,(H,22,27). The summed E-state index contributed by atoms with van der Waals surface area (Å²) in [6.45, 7) is 1.48. The summed E-state index contributed by atoms with van der Waals surface area (Å²) < 4.78 is 14.1. The van der Waals surface area contributed by atoms with E-state index >= 15 is 0 Å². The fraction of sp³-hybridized carbons (Fsp3) is 0.571. The number of anilines is 1. The van der Waals surface area contributed by atoms with Crippen LogP contribution in [0.2, 0.25) is 0 Å². The molecular formula is C21H27N5O4. The van der Waals surface area contributed by atoms with Gasteiger partial charge in [0.25, 0.3) is 0 Å². The van der Waals surface area contributed by atoms with Gasteiger partial charge in [0, 0.05) is 43.9 Å². The SMILES string of the molecule is Cn1nc(C2CCN(C(=O)Nc3ccc4c(c3)OCO4)CC2)n(C2CCCC2)c1=O. The Labute approximate surface area is 174 Å². The number of nitrogens with one attached hydrogen (secondary N) is 1. The Morgan fingerprint density at radius 1 is 1.10 bits per heavy atom. The summed E-state index contributed by atoms with van der Waals surface area (Å²) in [6, 6.07) is 5.54. The molecule has 9 heteroatoms. The normalized spacial score (nSPS) is 19.4. The predicted octanol–water partition coefficient (Wildman–Crippen LogP) is 2.84. The monoisotopic (exact) mass is 413 g/mol. The van der Waals surface area contributed by atoms with Gasteiger partial charge in [0.15, 0.2) is 11.5 Å². The Hall–Kier alpha value is -2.97. The summed E-state index contributed by atoms with van der Waals surface area (Å²) in [5.74, 6) is 2.43. The van der Waals surface area contributed by atoms with Crippen molar-refractivity contribution in [2.24, 2.45) is 7.05 Å². The molecule has 30 heavy (non-hydrogen) atoms. The lowest BCUT2D eigenvalue weighted by Crippen LogP contribution is -2.41. The zero-order chi connectivity index (χ0) is 20.7. The van der Waals surface area contributed by atoms with Crippen molar-refractivity contribution in [2.45, 2.75) is 50.5 Å². The van der Waals surface area contributed by atoms with Crippen LogP contribution in [0.3, 0.4) is 0 Å². The number of carbonyl (C=O) groups excluding carboxylic acids is 1. The first-order valence-electron chi connectivity index (χ1n) is 10.7. The summed E-state index contributed by atoms with van der Waals surface area (Å²) in [4.78, 5) is 27.2. The number of likely N-dealkylation sites (tertiary alicyclic amines) is 1. The molecule has 160 valence electrons. The minimum absolute atomic E-state index is 0.0140. The highest BCUT2D eigenvalue weighted by molar-refractivity contribution is 5.89. The molecule has 2 amide bonds. The average Bonchev–Trinajstić information content (AvgIpc) is 3.49. The Balaban J connectivity index is 1.24. The van der Waals surface area contributed by atoms with E-state index in [9.17, 15) is 9.59 Å². The molecule has 2 aromatic rings. The number of urea groups is 1. The Kier molecular flexibility index (Phi) is 4.88. The fourth-order valence-electron chi connectivity index (χ4n) is 4.80. The molecule has 2 aliphatic heterocycles. The summed E-state index contributed by atoms with van der Waals surface area (Å²) in [5.41, 5.74) is 0.672. The van der Waals surface area contributed by atoms with E-state index < -0.39 is 0 Å². The smallest absolute Gasteiger partial charge is 0.345 e. The topological polar surface area (TPSA) is 90.6 Å². The van der Waals surface area contributed by atoms with Crippen molar-refractivity contribution in [3.63, 3.8) is 0 Å². The highest BCUT2D eigenvalue weighted by atomic mass is 16.7. The molecule has 0 unspecified atom stereocenters. The Morgan fingerprint density at radius 3 is 2.60 bits per heavy atom. The molecule has 9 nitrogen and oxygen atoms in total. The van der Waals surface area contributed by atoms with Crippen LogP contribution in [0.4, 0.5) is 10.5 Å². The minimum Gasteiger partial charge on any atom is -0.454 e. The van der Waals surface area contributed by atoms with E-state index in [1.54, 1.807) is 19.2 Å². The number of hydrogen-bond acceptors (Lipinski definition) is 5. The third-order valence-corrected chi connectivity index (χ3v) is 6.44. The number of rotatable bonds is 3. The van der Waals surface area contributed by atoms with Crippen LogP contribution in [0.1, 0.15) is 56.3 Å². The van der Waals surface area contributed by atoms with E-state index in [0.717, 1.165) is 31.5 Å². The van der Waals surface area contributed by atoms with Crippen LogP contribution in [-0.4, -0.2) is 45.2 Å². The number of piperidine rings is 1. The summed E-state index contributed by atoms with van der Waals surface area (Å²) in [6.07, 6.45) is 6.05. The molecule has 1 saturated heterocycles. The second kappa shape index (κ2) is 7.70. The number of nitrogens with zero attached hydrogens (tertiary/aromatic N) is 4. The number of fused-ring (bicyclic) bond motifs is 1. The molecule has 2 fully saturated rings. The second-order valence-corrected chi connectivity index (χ2v) is 8.33. The minimum atomic E-state index is -0.124. The molecule has 0 spiro atoms. The number of carbonyl (C=O) groups is 1. The van der Waals surface area contributed by atoms with Crippen LogP contribution in [0, 0.1) is 0 Å². The maximum Gasteiger partial charge on any atom is 0.345 e. The van der Waals surface area contributed by atoms with E-state index in [2.05, 4.69) is 10.4 Å². The van der Waals surface area contributed by atoms with Gasteiger partial charge in [-0.25, -0.2) is 14.3 Å². The van der Waals surface area contributed by atoms with Gasteiger partial charge in [-0.3, -0.25) is 4.57 Å².